The Morgan fingerprint density at radius 2 is 2.07 bits per heavy atom. The van der Waals surface area contributed by atoms with Crippen LogP contribution in [0.15, 0.2) is 30.9 Å². The fourth-order valence-corrected chi connectivity index (χ4v) is 1.19. The number of pyridine rings is 1. The predicted octanol–water partition coefficient (Wildman–Crippen LogP) is 1.17. The van der Waals surface area contributed by atoms with Gasteiger partial charge in [0.2, 0.25) is 0 Å². The van der Waals surface area contributed by atoms with Gasteiger partial charge in [0.05, 0.1) is 6.33 Å². The molecule has 0 bridgehead atoms. The third-order valence-electron chi connectivity index (χ3n) is 1.81. The third kappa shape index (κ3) is 1.35. The lowest BCUT2D eigenvalue weighted by molar-refractivity contribution is 0.0692. The first kappa shape index (κ1) is 8.43. The molecular formula is C9H7N3O2. The number of nitrogens with one attached hydrogen (secondary N) is 1. The van der Waals surface area contributed by atoms with Crippen LogP contribution >= 0.6 is 0 Å². The van der Waals surface area contributed by atoms with Crippen LogP contribution < -0.4 is 0 Å². The van der Waals surface area contributed by atoms with Crippen molar-refractivity contribution < 1.29 is 9.90 Å². The second-order valence-corrected chi connectivity index (χ2v) is 2.67. The molecule has 5 heteroatoms. The fourth-order valence-electron chi connectivity index (χ4n) is 1.19. The topological polar surface area (TPSA) is 78.9 Å². The van der Waals surface area contributed by atoms with Gasteiger partial charge in [0.1, 0.15) is 5.69 Å². The second-order valence-electron chi connectivity index (χ2n) is 2.67. The Kier molecular flexibility index (Phi) is 1.98. The molecule has 0 unspecified atom stereocenters. The Morgan fingerprint density at radius 1 is 1.36 bits per heavy atom. The molecular weight excluding hydrogens is 182 g/mol. The van der Waals surface area contributed by atoms with Crippen LogP contribution in [-0.2, 0) is 0 Å². The maximum absolute atomic E-state index is 10.8. The number of H-pyrrole nitrogens is 1. The number of hydrogen-bond donors (Lipinski definition) is 2. The van der Waals surface area contributed by atoms with Crippen molar-refractivity contribution in [1.29, 1.82) is 0 Å². The van der Waals surface area contributed by atoms with Crippen molar-refractivity contribution in [3.8, 4) is 11.3 Å². The Hall–Kier alpha value is -2.17. The summed E-state index contributed by atoms with van der Waals surface area (Å²) in [4.78, 5) is 21.1. The summed E-state index contributed by atoms with van der Waals surface area (Å²) in [5.74, 6) is -1.02. The summed E-state index contributed by atoms with van der Waals surface area (Å²) in [5.41, 5.74) is 1.26. The standard InChI is InChI=1S/C9H7N3O2/c13-9(14)8-7(11-5-12-8)6-1-3-10-4-2-6/h1-5H,(H,11,12)(H,13,14). The molecule has 0 fully saturated rings. The number of hydrogen-bond acceptors (Lipinski definition) is 3. The molecule has 2 rings (SSSR count). The zero-order valence-electron chi connectivity index (χ0n) is 7.14. The number of carbonyl (C=O) groups is 1. The van der Waals surface area contributed by atoms with E-state index in [1.807, 2.05) is 0 Å². The largest absolute Gasteiger partial charge is 0.477 e. The Bertz CT molecular complexity index is 450. The SMILES string of the molecule is O=C(O)c1[nH]cnc1-c1ccncc1. The maximum atomic E-state index is 10.8. The minimum Gasteiger partial charge on any atom is -0.477 e. The molecule has 0 spiro atoms. The summed E-state index contributed by atoms with van der Waals surface area (Å²) < 4.78 is 0. The molecule has 2 N–H and O–H groups in total. The zero-order valence-corrected chi connectivity index (χ0v) is 7.14. The molecule has 70 valence electrons. The fraction of sp³-hybridized carbons (Fsp3) is 0. The van der Waals surface area contributed by atoms with Crippen LogP contribution in [0.1, 0.15) is 10.5 Å². The molecule has 0 aliphatic carbocycles. The number of aromatic nitrogens is 3. The molecule has 0 aromatic carbocycles. The quantitative estimate of drug-likeness (QED) is 0.743. The average molecular weight is 189 g/mol. The van der Waals surface area contributed by atoms with E-state index in [0.29, 0.717) is 5.69 Å². The number of aromatic carboxylic acids is 1. The van der Waals surface area contributed by atoms with E-state index in [-0.39, 0.29) is 5.69 Å². The molecule has 2 aromatic heterocycles. The number of carboxylic acid groups (broad SMARTS) is 1. The van der Waals surface area contributed by atoms with E-state index < -0.39 is 5.97 Å². The van der Waals surface area contributed by atoms with Crippen LogP contribution in [0.4, 0.5) is 0 Å². The minimum atomic E-state index is -1.02. The molecule has 14 heavy (non-hydrogen) atoms. The Morgan fingerprint density at radius 3 is 2.71 bits per heavy atom. The second kappa shape index (κ2) is 3.29. The van der Waals surface area contributed by atoms with Crippen LogP contribution in [0.2, 0.25) is 0 Å². The van der Waals surface area contributed by atoms with Crippen molar-refractivity contribution in [2.24, 2.45) is 0 Å². The van der Waals surface area contributed by atoms with Crippen LogP contribution in [0.5, 0.6) is 0 Å². The van der Waals surface area contributed by atoms with E-state index in [0.717, 1.165) is 5.56 Å². The van der Waals surface area contributed by atoms with Crippen LogP contribution in [0, 0.1) is 0 Å². The summed E-state index contributed by atoms with van der Waals surface area (Å²) in [6.07, 6.45) is 4.55. The Labute approximate surface area is 79.5 Å². The Balaban J connectivity index is 2.52. The molecule has 0 amide bonds. The van der Waals surface area contributed by atoms with Gasteiger partial charge in [-0.3, -0.25) is 4.98 Å². The van der Waals surface area contributed by atoms with Crippen LogP contribution in [0.3, 0.4) is 0 Å². The van der Waals surface area contributed by atoms with E-state index in [4.69, 9.17) is 5.11 Å². The number of carboxylic acids is 1. The van der Waals surface area contributed by atoms with Gasteiger partial charge in [-0.2, -0.15) is 0 Å². The van der Waals surface area contributed by atoms with E-state index in [2.05, 4.69) is 15.0 Å². The van der Waals surface area contributed by atoms with E-state index in [9.17, 15) is 4.79 Å². The highest BCUT2D eigenvalue weighted by Crippen LogP contribution is 2.18. The normalized spacial score (nSPS) is 10.0. The molecule has 0 saturated carbocycles. The molecule has 0 aliphatic rings. The number of nitrogens with zero attached hydrogens (tertiary/aromatic N) is 2. The molecule has 0 radical (unpaired) electrons. The lowest BCUT2D eigenvalue weighted by Gasteiger charge is -1.96. The highest BCUT2D eigenvalue weighted by atomic mass is 16.4. The van der Waals surface area contributed by atoms with Crippen molar-refractivity contribution in [3.63, 3.8) is 0 Å². The monoisotopic (exact) mass is 189 g/mol. The van der Waals surface area contributed by atoms with Gasteiger partial charge in [-0.1, -0.05) is 0 Å². The molecule has 2 aromatic rings. The van der Waals surface area contributed by atoms with Gasteiger partial charge in [0.15, 0.2) is 5.69 Å². The van der Waals surface area contributed by atoms with Crippen LogP contribution in [0.25, 0.3) is 11.3 Å². The molecule has 5 nitrogen and oxygen atoms in total. The van der Waals surface area contributed by atoms with Gasteiger partial charge in [-0.25, -0.2) is 9.78 Å². The van der Waals surface area contributed by atoms with Crippen molar-refractivity contribution >= 4 is 5.97 Å². The molecule has 0 saturated heterocycles. The van der Waals surface area contributed by atoms with E-state index >= 15 is 0 Å². The minimum absolute atomic E-state index is 0.0937. The first-order valence-electron chi connectivity index (χ1n) is 3.96. The highest BCUT2D eigenvalue weighted by Gasteiger charge is 2.13. The van der Waals surface area contributed by atoms with E-state index in [1.165, 1.54) is 6.33 Å². The molecule has 0 aliphatic heterocycles. The summed E-state index contributed by atoms with van der Waals surface area (Å²) in [6, 6.07) is 3.42. The number of rotatable bonds is 2. The van der Waals surface area contributed by atoms with Gasteiger partial charge >= 0.3 is 5.97 Å². The van der Waals surface area contributed by atoms with Gasteiger partial charge in [0.25, 0.3) is 0 Å². The molecule has 2 heterocycles. The van der Waals surface area contributed by atoms with Gasteiger partial charge in [-0.15, -0.1) is 0 Å². The van der Waals surface area contributed by atoms with Crippen molar-refractivity contribution in [3.05, 3.63) is 36.5 Å². The summed E-state index contributed by atoms with van der Waals surface area (Å²) in [6.45, 7) is 0. The summed E-state index contributed by atoms with van der Waals surface area (Å²) in [7, 11) is 0. The van der Waals surface area contributed by atoms with Crippen molar-refractivity contribution in [1.82, 2.24) is 15.0 Å². The van der Waals surface area contributed by atoms with Gasteiger partial charge in [-0.05, 0) is 12.1 Å². The van der Waals surface area contributed by atoms with Crippen LogP contribution in [-0.4, -0.2) is 26.0 Å². The van der Waals surface area contributed by atoms with Crippen molar-refractivity contribution in [2.45, 2.75) is 0 Å². The lowest BCUT2D eigenvalue weighted by atomic mass is 10.1. The third-order valence-corrected chi connectivity index (χ3v) is 1.81. The highest BCUT2D eigenvalue weighted by molar-refractivity contribution is 5.92. The van der Waals surface area contributed by atoms with E-state index in [1.54, 1.807) is 24.5 Å². The maximum Gasteiger partial charge on any atom is 0.354 e. The first-order chi connectivity index (χ1) is 6.79. The lowest BCUT2D eigenvalue weighted by Crippen LogP contribution is -1.98. The smallest absolute Gasteiger partial charge is 0.354 e. The van der Waals surface area contributed by atoms with Gasteiger partial charge < -0.3 is 10.1 Å². The van der Waals surface area contributed by atoms with Crippen molar-refractivity contribution in [2.75, 3.05) is 0 Å². The average Bonchev–Trinajstić information content (AvgIpc) is 2.67. The summed E-state index contributed by atoms with van der Waals surface area (Å²) >= 11 is 0. The zero-order chi connectivity index (χ0) is 9.97. The molecule has 0 atom stereocenters. The number of aromatic amines is 1. The number of imidazole rings is 1. The summed E-state index contributed by atoms with van der Waals surface area (Å²) in [5, 5.41) is 8.83. The predicted molar refractivity (Wildman–Crippen MR) is 48.8 cm³/mol. The van der Waals surface area contributed by atoms with Gasteiger partial charge in [0, 0.05) is 18.0 Å². The first-order valence-corrected chi connectivity index (χ1v) is 3.96.